The molecule has 3 rings (SSSR count). The number of rotatable bonds is 4. The lowest BCUT2D eigenvalue weighted by Crippen LogP contribution is -2.35. The molecule has 1 aliphatic heterocycles. The molecule has 0 unspecified atom stereocenters. The van der Waals surface area contributed by atoms with E-state index in [-0.39, 0.29) is 11.7 Å². The van der Waals surface area contributed by atoms with E-state index in [1.165, 1.54) is 43.2 Å². The first-order valence-corrected chi connectivity index (χ1v) is 9.42. The fourth-order valence-electron chi connectivity index (χ4n) is 2.87. The molecule has 0 spiro atoms. The van der Waals surface area contributed by atoms with Gasteiger partial charge in [0.15, 0.2) is 5.16 Å². The minimum atomic E-state index is -0.258. The van der Waals surface area contributed by atoms with Crippen LogP contribution in [-0.2, 0) is 4.79 Å². The Morgan fingerprint density at radius 1 is 1.12 bits per heavy atom. The van der Waals surface area contributed by atoms with E-state index in [1.54, 1.807) is 18.3 Å². The Morgan fingerprint density at radius 2 is 1.79 bits per heavy atom. The van der Waals surface area contributed by atoms with E-state index in [9.17, 15) is 9.18 Å². The van der Waals surface area contributed by atoms with Crippen LogP contribution in [0.5, 0.6) is 0 Å². The number of nitrogens with zero attached hydrogens (tertiary/aromatic N) is 2. The van der Waals surface area contributed by atoms with Crippen LogP contribution in [0, 0.1) is 5.82 Å². The lowest BCUT2D eigenvalue weighted by atomic mass is 10.1. The second kappa shape index (κ2) is 8.33. The number of hydrogen-bond donors (Lipinski definition) is 1. The van der Waals surface area contributed by atoms with Crippen molar-refractivity contribution in [2.45, 2.75) is 37.3 Å². The maximum atomic E-state index is 13.0. The molecule has 0 radical (unpaired) electrons. The van der Waals surface area contributed by atoms with E-state index in [0.29, 0.717) is 5.75 Å². The van der Waals surface area contributed by atoms with Gasteiger partial charge in [-0.2, -0.15) is 0 Å². The summed E-state index contributed by atoms with van der Waals surface area (Å²) in [6, 6.07) is 6.27. The zero-order valence-electron chi connectivity index (χ0n) is 13.6. The number of hydrogen-bond acceptors (Lipinski definition) is 3. The molecule has 4 nitrogen and oxygen atoms in total. The van der Waals surface area contributed by atoms with Gasteiger partial charge < -0.3 is 9.88 Å². The molecule has 0 atom stereocenters. The molecule has 1 amide bonds. The van der Waals surface area contributed by atoms with Gasteiger partial charge in [-0.05, 0) is 42.7 Å². The van der Waals surface area contributed by atoms with Gasteiger partial charge in [-0.1, -0.05) is 31.0 Å². The van der Waals surface area contributed by atoms with Crippen LogP contribution in [0.2, 0.25) is 0 Å². The molecule has 0 bridgehead atoms. The van der Waals surface area contributed by atoms with Gasteiger partial charge in [0.2, 0.25) is 5.91 Å². The Hall–Kier alpha value is -1.82. The average Bonchev–Trinajstić information content (AvgIpc) is 3.02. The zero-order valence-corrected chi connectivity index (χ0v) is 14.4. The summed E-state index contributed by atoms with van der Waals surface area (Å²) in [5, 5.41) is 0.717. The van der Waals surface area contributed by atoms with Gasteiger partial charge >= 0.3 is 0 Å². The quantitative estimate of drug-likeness (QED) is 0.847. The third-order valence-corrected chi connectivity index (χ3v) is 5.12. The van der Waals surface area contributed by atoms with Crippen molar-refractivity contribution in [1.29, 1.82) is 0 Å². The molecular formula is C18H22FN3OS. The molecule has 1 fully saturated rings. The summed E-state index contributed by atoms with van der Waals surface area (Å²) in [6.07, 6.45) is 7.65. The first kappa shape index (κ1) is 17.0. The van der Waals surface area contributed by atoms with E-state index < -0.39 is 0 Å². The Morgan fingerprint density at radius 3 is 2.50 bits per heavy atom. The molecule has 2 aromatic rings. The molecule has 2 heterocycles. The fraction of sp³-hybridized carbons (Fsp3) is 0.444. The molecule has 1 aromatic heterocycles. The van der Waals surface area contributed by atoms with Crippen molar-refractivity contribution < 1.29 is 9.18 Å². The van der Waals surface area contributed by atoms with Gasteiger partial charge in [0, 0.05) is 13.1 Å². The van der Waals surface area contributed by atoms with E-state index in [4.69, 9.17) is 0 Å². The molecule has 1 aliphatic rings. The van der Waals surface area contributed by atoms with Crippen molar-refractivity contribution in [3.8, 4) is 11.3 Å². The predicted molar refractivity (Wildman–Crippen MR) is 94.4 cm³/mol. The maximum Gasteiger partial charge on any atom is 0.233 e. The standard InChI is InChI=1S/C18H22FN3OS/c19-15-8-6-14(7-9-15)16-12-20-18(21-16)24-13-17(23)22-10-4-2-1-3-5-11-22/h6-9,12H,1-5,10-11,13H2,(H,20,21). The van der Waals surface area contributed by atoms with Crippen LogP contribution >= 0.6 is 11.8 Å². The summed E-state index contributed by atoms with van der Waals surface area (Å²) < 4.78 is 13.0. The number of carbonyl (C=O) groups excluding carboxylic acids is 1. The van der Waals surface area contributed by atoms with Crippen LogP contribution < -0.4 is 0 Å². The molecule has 6 heteroatoms. The smallest absolute Gasteiger partial charge is 0.233 e. The van der Waals surface area contributed by atoms with Crippen molar-refractivity contribution in [3.05, 3.63) is 36.3 Å². The van der Waals surface area contributed by atoms with Gasteiger partial charge in [-0.25, -0.2) is 9.37 Å². The molecule has 0 saturated carbocycles. The van der Waals surface area contributed by atoms with E-state index >= 15 is 0 Å². The van der Waals surface area contributed by atoms with E-state index in [1.807, 2.05) is 4.90 Å². The molecule has 1 N–H and O–H groups in total. The molecule has 1 aromatic carbocycles. The number of likely N-dealkylation sites (tertiary alicyclic amines) is 1. The number of aromatic amines is 1. The van der Waals surface area contributed by atoms with E-state index in [0.717, 1.165) is 42.3 Å². The summed E-state index contributed by atoms with van der Waals surface area (Å²) >= 11 is 1.42. The second-order valence-corrected chi connectivity index (χ2v) is 7.01. The second-order valence-electron chi connectivity index (χ2n) is 6.05. The van der Waals surface area contributed by atoms with Crippen LogP contribution in [-0.4, -0.2) is 39.6 Å². The Bertz CT molecular complexity index is 663. The van der Waals surface area contributed by atoms with Crippen molar-refractivity contribution in [2.24, 2.45) is 0 Å². The lowest BCUT2D eigenvalue weighted by molar-refractivity contribution is -0.128. The van der Waals surface area contributed by atoms with Crippen LogP contribution in [0.1, 0.15) is 32.1 Å². The summed E-state index contributed by atoms with van der Waals surface area (Å²) in [5.74, 6) is 0.324. The highest BCUT2D eigenvalue weighted by Crippen LogP contribution is 2.22. The number of nitrogens with one attached hydrogen (secondary N) is 1. The first-order chi connectivity index (χ1) is 11.7. The highest BCUT2D eigenvalue weighted by atomic mass is 32.2. The van der Waals surface area contributed by atoms with E-state index in [2.05, 4.69) is 9.97 Å². The Labute approximate surface area is 145 Å². The van der Waals surface area contributed by atoms with Gasteiger partial charge in [0.25, 0.3) is 0 Å². The van der Waals surface area contributed by atoms with Crippen molar-refractivity contribution in [2.75, 3.05) is 18.8 Å². The Kier molecular flexibility index (Phi) is 5.91. The lowest BCUT2D eigenvalue weighted by Gasteiger charge is -2.24. The number of H-pyrrole nitrogens is 1. The number of amides is 1. The molecule has 1 saturated heterocycles. The minimum absolute atomic E-state index is 0.182. The van der Waals surface area contributed by atoms with Crippen LogP contribution in [0.3, 0.4) is 0 Å². The Balaban J connectivity index is 1.54. The first-order valence-electron chi connectivity index (χ1n) is 8.44. The highest BCUT2D eigenvalue weighted by Gasteiger charge is 2.15. The van der Waals surface area contributed by atoms with Crippen LogP contribution in [0.4, 0.5) is 4.39 Å². The number of carbonyl (C=O) groups is 1. The SMILES string of the molecule is O=C(CSc1ncc(-c2ccc(F)cc2)[nH]1)N1CCCCCCC1. The van der Waals surface area contributed by atoms with Gasteiger partial charge in [-0.15, -0.1) is 0 Å². The summed E-state index contributed by atoms with van der Waals surface area (Å²) in [7, 11) is 0. The maximum absolute atomic E-state index is 13.0. The van der Waals surface area contributed by atoms with Gasteiger partial charge in [0.05, 0.1) is 17.6 Å². The number of aromatic nitrogens is 2. The van der Waals surface area contributed by atoms with Crippen molar-refractivity contribution >= 4 is 17.7 Å². The molecule has 0 aliphatic carbocycles. The third kappa shape index (κ3) is 4.60. The minimum Gasteiger partial charge on any atom is -0.342 e. The normalized spacial score (nSPS) is 15.8. The van der Waals surface area contributed by atoms with Crippen molar-refractivity contribution in [1.82, 2.24) is 14.9 Å². The predicted octanol–water partition coefficient (Wildman–Crippen LogP) is 4.10. The number of imidazole rings is 1. The monoisotopic (exact) mass is 347 g/mol. The molecular weight excluding hydrogens is 325 g/mol. The topological polar surface area (TPSA) is 49.0 Å². The van der Waals surface area contributed by atoms with Crippen LogP contribution in [0.25, 0.3) is 11.3 Å². The number of halogens is 1. The summed E-state index contributed by atoms with van der Waals surface area (Å²) in [4.78, 5) is 21.9. The zero-order chi connectivity index (χ0) is 16.8. The molecule has 128 valence electrons. The summed E-state index contributed by atoms with van der Waals surface area (Å²) in [5.41, 5.74) is 1.71. The third-order valence-electron chi connectivity index (χ3n) is 4.25. The van der Waals surface area contributed by atoms with Crippen LogP contribution in [0.15, 0.2) is 35.6 Å². The number of thioether (sulfide) groups is 1. The van der Waals surface area contributed by atoms with Crippen molar-refractivity contribution in [3.63, 3.8) is 0 Å². The van der Waals surface area contributed by atoms with Gasteiger partial charge in [-0.3, -0.25) is 4.79 Å². The average molecular weight is 347 g/mol. The fourth-order valence-corrected chi connectivity index (χ4v) is 3.62. The largest absolute Gasteiger partial charge is 0.342 e. The summed E-state index contributed by atoms with van der Waals surface area (Å²) in [6.45, 7) is 1.75. The number of benzene rings is 1. The highest BCUT2D eigenvalue weighted by molar-refractivity contribution is 7.99. The molecule has 24 heavy (non-hydrogen) atoms. The van der Waals surface area contributed by atoms with Gasteiger partial charge in [0.1, 0.15) is 5.82 Å².